The lowest BCUT2D eigenvalue weighted by Crippen LogP contribution is -2.54. The van der Waals surface area contributed by atoms with Crippen LogP contribution in [0.2, 0.25) is 0 Å². The lowest BCUT2D eigenvalue weighted by Gasteiger charge is -2.24. The zero-order chi connectivity index (χ0) is 31.4. The van der Waals surface area contributed by atoms with Crippen molar-refractivity contribution >= 4 is 29.5 Å². The molecule has 2 aliphatic rings. The van der Waals surface area contributed by atoms with Crippen molar-refractivity contribution in [3.8, 4) is 17.2 Å². The summed E-state index contributed by atoms with van der Waals surface area (Å²) in [5.41, 5.74) is 0.980. The molecule has 0 saturated heterocycles. The molecule has 0 radical (unpaired) electrons. The number of carbonyl (C=O) groups is 5. The van der Waals surface area contributed by atoms with Gasteiger partial charge in [0, 0.05) is 38.5 Å². The van der Waals surface area contributed by atoms with E-state index in [0.717, 1.165) is 5.56 Å². The van der Waals surface area contributed by atoms with Crippen LogP contribution in [0.1, 0.15) is 36.2 Å². The number of hydrogen-bond acceptors (Lipinski definition) is 8. The van der Waals surface area contributed by atoms with E-state index in [2.05, 4.69) is 21.3 Å². The van der Waals surface area contributed by atoms with Crippen LogP contribution < -0.4 is 35.5 Å². The molecule has 0 aliphatic carbocycles. The van der Waals surface area contributed by atoms with Crippen LogP contribution in [-0.2, 0) is 25.6 Å². The number of nitrogens with one attached hydrogen (secondary N) is 4. The van der Waals surface area contributed by atoms with E-state index in [4.69, 9.17) is 14.2 Å². The molecule has 232 valence electrons. The summed E-state index contributed by atoms with van der Waals surface area (Å²) in [6.07, 6.45) is 0.625. The first-order valence-electron chi connectivity index (χ1n) is 14.0. The number of hydrogen-bond donors (Lipinski definition) is 4. The van der Waals surface area contributed by atoms with Gasteiger partial charge in [-0.2, -0.15) is 0 Å². The third-order valence-corrected chi connectivity index (χ3v) is 6.73. The number of nitrogens with zero attached hydrogens (tertiary/aromatic N) is 1. The molecule has 13 heteroatoms. The highest BCUT2D eigenvalue weighted by Crippen LogP contribution is 2.38. The van der Waals surface area contributed by atoms with Gasteiger partial charge in [-0.15, -0.1) is 0 Å². The SMILES string of the molecule is COc1cc2cc(OC)c1OCCCNC(=O)CN(C(C)=O)CCNC(=O)[C@@H](Cc1ccccc1)NC(=O)[C@H](C)NC2=O. The van der Waals surface area contributed by atoms with E-state index in [1.807, 2.05) is 30.3 Å². The second kappa shape index (κ2) is 16.0. The maximum Gasteiger partial charge on any atom is 0.252 e. The van der Waals surface area contributed by atoms with Gasteiger partial charge in [-0.3, -0.25) is 24.0 Å². The van der Waals surface area contributed by atoms with Crippen LogP contribution in [0.25, 0.3) is 0 Å². The Morgan fingerprint density at radius 2 is 1.63 bits per heavy atom. The van der Waals surface area contributed by atoms with Gasteiger partial charge in [-0.05, 0) is 31.0 Å². The quantitative estimate of drug-likeness (QED) is 0.368. The molecule has 43 heavy (non-hydrogen) atoms. The summed E-state index contributed by atoms with van der Waals surface area (Å²) in [6, 6.07) is 10.1. The third-order valence-electron chi connectivity index (χ3n) is 6.73. The van der Waals surface area contributed by atoms with Crippen LogP contribution in [0.15, 0.2) is 42.5 Å². The molecule has 2 bridgehead atoms. The summed E-state index contributed by atoms with van der Waals surface area (Å²) in [6.45, 7) is 3.29. The minimum Gasteiger partial charge on any atom is -0.493 e. The number of carbonyl (C=O) groups excluding carboxylic acids is 5. The zero-order valence-corrected chi connectivity index (χ0v) is 24.9. The van der Waals surface area contributed by atoms with E-state index in [1.54, 1.807) is 0 Å². The van der Waals surface area contributed by atoms with Crippen molar-refractivity contribution in [2.24, 2.45) is 0 Å². The Labute approximate surface area is 250 Å². The highest BCUT2D eigenvalue weighted by molar-refractivity contribution is 5.99. The summed E-state index contributed by atoms with van der Waals surface area (Å²) < 4.78 is 16.7. The summed E-state index contributed by atoms with van der Waals surface area (Å²) in [5, 5.41) is 10.9. The second-order valence-corrected chi connectivity index (χ2v) is 9.94. The van der Waals surface area contributed by atoms with Crippen molar-refractivity contribution in [3.63, 3.8) is 0 Å². The van der Waals surface area contributed by atoms with Crippen molar-refractivity contribution < 1.29 is 38.2 Å². The molecule has 4 rings (SSSR count). The minimum absolute atomic E-state index is 0.0618. The Morgan fingerprint density at radius 3 is 2.26 bits per heavy atom. The smallest absolute Gasteiger partial charge is 0.252 e. The first-order valence-corrected chi connectivity index (χ1v) is 14.0. The van der Waals surface area contributed by atoms with Crippen LogP contribution >= 0.6 is 0 Å². The van der Waals surface area contributed by atoms with E-state index < -0.39 is 29.8 Å². The molecule has 4 N–H and O–H groups in total. The second-order valence-electron chi connectivity index (χ2n) is 9.94. The number of amides is 5. The number of ether oxygens (including phenoxy) is 3. The van der Waals surface area contributed by atoms with Crippen LogP contribution in [0.3, 0.4) is 0 Å². The van der Waals surface area contributed by atoms with Gasteiger partial charge < -0.3 is 40.4 Å². The number of rotatable bonds is 4. The maximum absolute atomic E-state index is 13.2. The fourth-order valence-corrected chi connectivity index (χ4v) is 4.34. The lowest BCUT2D eigenvalue weighted by molar-refractivity contribution is -0.134. The monoisotopic (exact) mass is 597 g/mol. The Balaban J connectivity index is 1.88. The molecule has 2 aliphatic heterocycles. The fourth-order valence-electron chi connectivity index (χ4n) is 4.34. The Kier molecular flexibility index (Phi) is 12.2. The molecule has 2 aromatic rings. The minimum atomic E-state index is -1.00. The number of fused-ring (bicyclic) bond motifs is 19. The summed E-state index contributed by atoms with van der Waals surface area (Å²) >= 11 is 0. The maximum atomic E-state index is 13.2. The predicted octanol–water partition coefficient (Wildman–Crippen LogP) is 0.413. The first kappa shape index (κ1) is 32.7. The highest BCUT2D eigenvalue weighted by Gasteiger charge is 2.26. The molecule has 0 aromatic heterocycles. The summed E-state index contributed by atoms with van der Waals surface area (Å²) in [7, 11) is 2.84. The molecule has 0 unspecified atom stereocenters. The van der Waals surface area contributed by atoms with E-state index in [9.17, 15) is 24.0 Å². The van der Waals surface area contributed by atoms with Crippen molar-refractivity contribution in [3.05, 3.63) is 53.6 Å². The largest absolute Gasteiger partial charge is 0.493 e. The Hall–Kier alpha value is -4.81. The van der Waals surface area contributed by atoms with Gasteiger partial charge in [0.05, 0.1) is 27.4 Å². The average Bonchev–Trinajstić information content (AvgIpc) is 2.99. The number of methoxy groups -OCH3 is 2. The fraction of sp³-hybridized carbons (Fsp3) is 0.433. The summed E-state index contributed by atoms with van der Waals surface area (Å²) in [4.78, 5) is 65.5. The Morgan fingerprint density at radius 1 is 0.953 bits per heavy atom. The van der Waals surface area contributed by atoms with Gasteiger partial charge in [-0.1, -0.05) is 30.3 Å². The predicted molar refractivity (Wildman–Crippen MR) is 157 cm³/mol. The average molecular weight is 598 g/mol. The topological polar surface area (TPSA) is 164 Å². The molecule has 13 nitrogen and oxygen atoms in total. The normalized spacial score (nSPS) is 19.4. The molecule has 0 spiro atoms. The van der Waals surface area contributed by atoms with Crippen molar-refractivity contribution in [2.75, 3.05) is 47.0 Å². The Bertz CT molecular complexity index is 1280. The van der Waals surface area contributed by atoms with Crippen molar-refractivity contribution in [1.82, 2.24) is 26.2 Å². The van der Waals surface area contributed by atoms with Gasteiger partial charge in [-0.25, -0.2) is 0 Å². The van der Waals surface area contributed by atoms with E-state index in [-0.39, 0.29) is 73.8 Å². The van der Waals surface area contributed by atoms with Crippen LogP contribution in [0, 0.1) is 0 Å². The molecular formula is C30H39N5O8. The standard InChI is InChI=1S/C30H39N5O8/c1-19-28(38)34-23(15-21-9-6-5-7-10-21)30(40)32-12-13-35(20(2)36)18-26(37)31-11-8-14-43-27-24(41-3)16-22(29(39)33-19)17-25(27)42-4/h5-7,9-10,16-17,19,23H,8,11-15,18H2,1-4H3,(H,31,37)(H,32,40)(H,33,39)(H,34,38)/t19-,23+/m0/s1. The van der Waals surface area contributed by atoms with E-state index in [0.29, 0.717) is 6.42 Å². The van der Waals surface area contributed by atoms with Gasteiger partial charge in [0.1, 0.15) is 12.1 Å². The molecular weight excluding hydrogens is 558 g/mol. The molecule has 0 fully saturated rings. The highest BCUT2D eigenvalue weighted by atomic mass is 16.5. The van der Waals surface area contributed by atoms with E-state index >= 15 is 0 Å². The third kappa shape index (κ3) is 9.62. The molecule has 2 heterocycles. The van der Waals surface area contributed by atoms with Crippen LogP contribution in [0.5, 0.6) is 17.2 Å². The summed E-state index contributed by atoms with van der Waals surface area (Å²) in [5.74, 6) is -1.55. The van der Waals surface area contributed by atoms with Crippen molar-refractivity contribution in [1.29, 1.82) is 0 Å². The zero-order valence-electron chi connectivity index (χ0n) is 24.9. The first-order chi connectivity index (χ1) is 20.6. The molecule has 2 aromatic carbocycles. The number of benzene rings is 2. The molecule has 5 amide bonds. The molecule has 0 saturated carbocycles. The van der Waals surface area contributed by atoms with Gasteiger partial charge in [0.25, 0.3) is 5.91 Å². The van der Waals surface area contributed by atoms with E-state index in [1.165, 1.54) is 45.1 Å². The van der Waals surface area contributed by atoms with Gasteiger partial charge >= 0.3 is 0 Å². The van der Waals surface area contributed by atoms with Crippen molar-refractivity contribution in [2.45, 2.75) is 38.8 Å². The lowest BCUT2D eigenvalue weighted by atomic mass is 10.0. The van der Waals surface area contributed by atoms with Crippen LogP contribution in [-0.4, -0.2) is 93.5 Å². The van der Waals surface area contributed by atoms with Crippen LogP contribution in [0.4, 0.5) is 0 Å². The van der Waals surface area contributed by atoms with Gasteiger partial charge in [0.15, 0.2) is 11.5 Å². The molecule has 2 atom stereocenters. The van der Waals surface area contributed by atoms with Gasteiger partial charge in [0.2, 0.25) is 29.4 Å².